The number of benzene rings is 2. The van der Waals surface area contributed by atoms with Crippen LogP contribution in [0.15, 0.2) is 71.5 Å². The normalized spacial score (nSPS) is 18.5. The highest BCUT2D eigenvalue weighted by molar-refractivity contribution is 6.30. The van der Waals surface area contributed by atoms with E-state index < -0.39 is 23.8 Å². The molecule has 156 valence electrons. The first kappa shape index (κ1) is 21.7. The van der Waals surface area contributed by atoms with E-state index in [2.05, 4.69) is 5.32 Å². The van der Waals surface area contributed by atoms with Crippen molar-refractivity contribution < 1.29 is 19.1 Å². The number of nitrogens with one attached hydrogen (secondary N) is 1. The van der Waals surface area contributed by atoms with Gasteiger partial charge >= 0.3 is 11.9 Å². The van der Waals surface area contributed by atoms with Gasteiger partial charge in [0.25, 0.3) is 0 Å². The smallest absolute Gasteiger partial charge is 0.336 e. The van der Waals surface area contributed by atoms with Crippen LogP contribution in [0.25, 0.3) is 0 Å². The van der Waals surface area contributed by atoms with Crippen molar-refractivity contribution in [2.24, 2.45) is 5.92 Å². The third kappa shape index (κ3) is 4.41. The number of anilines is 1. The molecule has 2 aromatic carbocycles. The number of hydrogen-bond acceptors (Lipinski definition) is 5. The molecule has 5 nitrogen and oxygen atoms in total. The van der Waals surface area contributed by atoms with Gasteiger partial charge in [-0.2, -0.15) is 0 Å². The highest BCUT2D eigenvalue weighted by Gasteiger charge is 2.41. The average Bonchev–Trinajstić information content (AvgIpc) is 2.74. The number of carbonyl (C=O) groups is 2. The SMILES string of the molecule is COC(=O)C1=C(Nc2ccc(C)cc2)C=C(C)[C@H](C(=O)OC)[C@@H]1c1ccc(Cl)cc1. The molecule has 0 radical (unpaired) electrons. The lowest BCUT2D eigenvalue weighted by Crippen LogP contribution is -2.33. The molecule has 0 bridgehead atoms. The molecular weight excluding hydrogens is 402 g/mol. The molecule has 0 aromatic heterocycles. The maximum atomic E-state index is 12.9. The van der Waals surface area contributed by atoms with Gasteiger partial charge in [0.2, 0.25) is 0 Å². The van der Waals surface area contributed by atoms with Crippen molar-refractivity contribution >= 4 is 29.2 Å². The fourth-order valence-electron chi connectivity index (χ4n) is 3.71. The van der Waals surface area contributed by atoms with E-state index in [-0.39, 0.29) is 0 Å². The lowest BCUT2D eigenvalue weighted by Gasteiger charge is -2.33. The van der Waals surface area contributed by atoms with Crippen molar-refractivity contribution in [3.63, 3.8) is 0 Å². The van der Waals surface area contributed by atoms with Crippen LogP contribution in [0.5, 0.6) is 0 Å². The number of ether oxygens (including phenoxy) is 2. The van der Waals surface area contributed by atoms with Gasteiger partial charge in [0.05, 0.1) is 25.7 Å². The number of allylic oxidation sites excluding steroid dienone is 1. The van der Waals surface area contributed by atoms with Gasteiger partial charge in [-0.25, -0.2) is 4.79 Å². The van der Waals surface area contributed by atoms with Crippen LogP contribution in [-0.2, 0) is 19.1 Å². The number of carbonyl (C=O) groups excluding carboxylic acids is 2. The number of aryl methyl sites for hydroxylation is 1. The molecule has 2 aromatic rings. The first-order valence-electron chi connectivity index (χ1n) is 9.53. The molecule has 3 rings (SSSR count). The summed E-state index contributed by atoms with van der Waals surface area (Å²) in [6.45, 7) is 3.86. The van der Waals surface area contributed by atoms with Crippen LogP contribution >= 0.6 is 11.6 Å². The van der Waals surface area contributed by atoms with Crippen molar-refractivity contribution in [2.75, 3.05) is 19.5 Å². The van der Waals surface area contributed by atoms with Crippen LogP contribution in [0, 0.1) is 12.8 Å². The molecular formula is C24H24ClNO4. The molecule has 0 unspecified atom stereocenters. The summed E-state index contributed by atoms with van der Waals surface area (Å²) in [6.07, 6.45) is 1.81. The molecule has 2 atom stereocenters. The van der Waals surface area contributed by atoms with E-state index in [9.17, 15) is 9.59 Å². The quantitative estimate of drug-likeness (QED) is 0.681. The summed E-state index contributed by atoms with van der Waals surface area (Å²) >= 11 is 6.06. The number of esters is 2. The third-order valence-corrected chi connectivity index (χ3v) is 5.47. The zero-order chi connectivity index (χ0) is 21.8. The van der Waals surface area contributed by atoms with E-state index >= 15 is 0 Å². The van der Waals surface area contributed by atoms with Crippen molar-refractivity contribution in [1.29, 1.82) is 0 Å². The lowest BCUT2D eigenvalue weighted by atomic mass is 9.73. The Kier molecular flexibility index (Phi) is 6.63. The molecule has 30 heavy (non-hydrogen) atoms. The van der Waals surface area contributed by atoms with Crippen LogP contribution in [0.3, 0.4) is 0 Å². The molecule has 1 aliphatic carbocycles. The van der Waals surface area contributed by atoms with Crippen molar-refractivity contribution in [3.05, 3.63) is 87.6 Å². The van der Waals surface area contributed by atoms with E-state index in [0.717, 1.165) is 22.4 Å². The molecule has 0 spiro atoms. The van der Waals surface area contributed by atoms with E-state index in [1.165, 1.54) is 14.2 Å². The second kappa shape index (κ2) is 9.18. The molecule has 0 aliphatic heterocycles. The van der Waals surface area contributed by atoms with Gasteiger partial charge in [-0.05, 0) is 49.8 Å². The van der Waals surface area contributed by atoms with E-state index in [1.54, 1.807) is 18.2 Å². The van der Waals surface area contributed by atoms with Gasteiger partial charge < -0.3 is 14.8 Å². The third-order valence-electron chi connectivity index (χ3n) is 5.22. The summed E-state index contributed by atoms with van der Waals surface area (Å²) in [5.74, 6) is -2.17. The monoisotopic (exact) mass is 425 g/mol. The largest absolute Gasteiger partial charge is 0.469 e. The summed E-state index contributed by atoms with van der Waals surface area (Å²) < 4.78 is 10.2. The summed E-state index contributed by atoms with van der Waals surface area (Å²) in [7, 11) is 2.67. The van der Waals surface area contributed by atoms with Gasteiger partial charge in [0.1, 0.15) is 0 Å². The summed E-state index contributed by atoms with van der Waals surface area (Å²) in [4.78, 5) is 25.6. The number of rotatable bonds is 5. The first-order chi connectivity index (χ1) is 14.3. The fourth-order valence-corrected chi connectivity index (χ4v) is 3.84. The van der Waals surface area contributed by atoms with Crippen LogP contribution in [0.2, 0.25) is 5.02 Å². The Morgan fingerprint density at radius 2 is 1.57 bits per heavy atom. The second-order valence-electron chi connectivity index (χ2n) is 7.23. The maximum Gasteiger partial charge on any atom is 0.336 e. The molecule has 0 fully saturated rings. The standard InChI is InChI=1S/C24H24ClNO4/c1-14-5-11-18(12-6-14)26-19-13-15(2)20(23(27)29-3)21(22(19)24(28)30-4)16-7-9-17(25)10-8-16/h5-13,20-21,26H,1-4H3/t20-,21-/m0/s1. The zero-order valence-corrected chi connectivity index (χ0v) is 18.1. The topological polar surface area (TPSA) is 64.6 Å². The Labute approximate surface area is 181 Å². The Morgan fingerprint density at radius 3 is 2.13 bits per heavy atom. The number of hydrogen-bond donors (Lipinski definition) is 1. The first-order valence-corrected chi connectivity index (χ1v) is 9.91. The van der Waals surface area contributed by atoms with Crippen LogP contribution in [-0.4, -0.2) is 26.2 Å². The van der Waals surface area contributed by atoms with Crippen LogP contribution in [0.1, 0.15) is 24.0 Å². The van der Waals surface area contributed by atoms with Crippen molar-refractivity contribution in [2.45, 2.75) is 19.8 Å². The van der Waals surface area contributed by atoms with Gasteiger partial charge in [-0.15, -0.1) is 0 Å². The Morgan fingerprint density at radius 1 is 0.933 bits per heavy atom. The number of methoxy groups -OCH3 is 2. The maximum absolute atomic E-state index is 12.9. The molecule has 0 amide bonds. The minimum absolute atomic E-state index is 0.362. The molecule has 1 aliphatic rings. The summed E-state index contributed by atoms with van der Waals surface area (Å²) in [5, 5.41) is 3.88. The Balaban J connectivity index is 2.19. The molecule has 1 N–H and O–H groups in total. The lowest BCUT2D eigenvalue weighted by molar-refractivity contribution is -0.144. The Hall–Kier alpha value is -3.05. The van der Waals surface area contributed by atoms with Gasteiger partial charge in [-0.3, -0.25) is 4.79 Å². The number of halogens is 1. The minimum Gasteiger partial charge on any atom is -0.469 e. The molecule has 0 saturated heterocycles. The highest BCUT2D eigenvalue weighted by Crippen LogP contribution is 2.43. The average molecular weight is 426 g/mol. The molecule has 0 saturated carbocycles. The summed E-state index contributed by atoms with van der Waals surface area (Å²) in [6, 6.07) is 14.9. The second-order valence-corrected chi connectivity index (χ2v) is 7.66. The minimum atomic E-state index is -0.658. The highest BCUT2D eigenvalue weighted by atomic mass is 35.5. The van der Waals surface area contributed by atoms with Crippen LogP contribution in [0.4, 0.5) is 5.69 Å². The predicted molar refractivity (Wildman–Crippen MR) is 117 cm³/mol. The van der Waals surface area contributed by atoms with E-state index in [4.69, 9.17) is 21.1 Å². The molecule has 6 heteroatoms. The van der Waals surface area contributed by atoms with Crippen LogP contribution < -0.4 is 5.32 Å². The Bertz CT molecular complexity index is 1010. The van der Waals surface area contributed by atoms with E-state index in [1.807, 2.05) is 50.2 Å². The zero-order valence-electron chi connectivity index (χ0n) is 17.4. The molecule has 0 heterocycles. The van der Waals surface area contributed by atoms with Crippen molar-refractivity contribution in [3.8, 4) is 0 Å². The van der Waals surface area contributed by atoms with Gasteiger partial charge in [-0.1, -0.05) is 47.0 Å². The fraction of sp³-hybridized carbons (Fsp3) is 0.250. The van der Waals surface area contributed by atoms with E-state index in [0.29, 0.717) is 16.3 Å². The van der Waals surface area contributed by atoms with Gasteiger partial charge in [0.15, 0.2) is 0 Å². The summed E-state index contributed by atoms with van der Waals surface area (Å²) in [5.41, 5.74) is 4.45. The predicted octanol–water partition coefficient (Wildman–Crippen LogP) is 5.02. The van der Waals surface area contributed by atoms with Gasteiger partial charge in [0, 0.05) is 22.3 Å². The van der Waals surface area contributed by atoms with Crippen molar-refractivity contribution in [1.82, 2.24) is 0 Å².